The van der Waals surface area contributed by atoms with Crippen molar-refractivity contribution >= 4 is 21.8 Å². The molecule has 21 heavy (non-hydrogen) atoms. The first kappa shape index (κ1) is 14.3. The third-order valence-corrected chi connectivity index (χ3v) is 4.45. The number of likely N-dealkylation sites (tertiary alicyclic amines) is 1. The van der Waals surface area contributed by atoms with Gasteiger partial charge in [0.25, 0.3) is 0 Å². The summed E-state index contributed by atoms with van der Waals surface area (Å²) in [6.07, 6.45) is 5.09. The predicted molar refractivity (Wildman–Crippen MR) is 82.6 cm³/mol. The van der Waals surface area contributed by atoms with Gasteiger partial charge in [-0.05, 0) is 37.5 Å². The van der Waals surface area contributed by atoms with E-state index in [-0.39, 0.29) is 18.0 Å². The van der Waals surface area contributed by atoms with Crippen LogP contribution in [0, 0.1) is 0 Å². The van der Waals surface area contributed by atoms with Crippen LogP contribution in [0.1, 0.15) is 37.4 Å². The van der Waals surface area contributed by atoms with E-state index in [9.17, 15) is 4.79 Å². The Labute approximate surface area is 132 Å². The molecule has 1 aliphatic heterocycles. The summed E-state index contributed by atoms with van der Waals surface area (Å²) in [6.45, 7) is 2.67. The number of aromatic nitrogens is 3. The summed E-state index contributed by atoms with van der Waals surface area (Å²) in [6, 6.07) is 8.03. The summed E-state index contributed by atoms with van der Waals surface area (Å²) >= 11 is 3.50. The van der Waals surface area contributed by atoms with Crippen LogP contribution in [-0.4, -0.2) is 32.1 Å². The normalized spacial score (nSPS) is 19.7. The van der Waals surface area contributed by atoms with Crippen LogP contribution < -0.4 is 0 Å². The molecule has 6 heteroatoms. The van der Waals surface area contributed by atoms with Gasteiger partial charge in [0.2, 0.25) is 5.91 Å². The Morgan fingerprint density at radius 2 is 2.33 bits per heavy atom. The standard InChI is InChI=1S/C15H17BrN4O/c1-11(20-10-17-9-18-20)15(21)19-7-3-6-14(19)12-4-2-5-13(16)8-12/h2,4-5,8-11,14H,3,6-7H2,1H3/t11-,14+/m1/s1. The van der Waals surface area contributed by atoms with Crippen molar-refractivity contribution in [3.8, 4) is 0 Å². The summed E-state index contributed by atoms with van der Waals surface area (Å²) in [7, 11) is 0. The molecule has 0 aliphatic carbocycles. The minimum absolute atomic E-state index is 0.1000. The molecule has 0 saturated carbocycles. The quantitative estimate of drug-likeness (QED) is 0.856. The van der Waals surface area contributed by atoms with Gasteiger partial charge >= 0.3 is 0 Å². The Morgan fingerprint density at radius 1 is 1.48 bits per heavy atom. The van der Waals surface area contributed by atoms with E-state index >= 15 is 0 Å². The molecule has 0 spiro atoms. The number of nitrogens with zero attached hydrogens (tertiary/aromatic N) is 4. The van der Waals surface area contributed by atoms with Crippen LogP contribution in [0.2, 0.25) is 0 Å². The number of rotatable bonds is 3. The van der Waals surface area contributed by atoms with Gasteiger partial charge < -0.3 is 4.90 Å². The second-order valence-corrected chi connectivity index (χ2v) is 6.21. The van der Waals surface area contributed by atoms with Gasteiger partial charge in [-0.1, -0.05) is 28.1 Å². The first-order chi connectivity index (χ1) is 10.2. The number of halogens is 1. The lowest BCUT2D eigenvalue weighted by atomic mass is 10.0. The van der Waals surface area contributed by atoms with E-state index < -0.39 is 0 Å². The number of benzene rings is 1. The molecule has 1 aliphatic rings. The molecule has 5 nitrogen and oxygen atoms in total. The highest BCUT2D eigenvalue weighted by Crippen LogP contribution is 2.34. The molecule has 0 unspecified atom stereocenters. The van der Waals surface area contributed by atoms with Crippen LogP contribution in [0.4, 0.5) is 0 Å². The van der Waals surface area contributed by atoms with Gasteiger partial charge in [0, 0.05) is 11.0 Å². The minimum atomic E-state index is -0.319. The van der Waals surface area contributed by atoms with Crippen LogP contribution in [0.3, 0.4) is 0 Å². The van der Waals surface area contributed by atoms with E-state index in [1.54, 1.807) is 11.0 Å². The van der Waals surface area contributed by atoms with E-state index in [0.717, 1.165) is 23.9 Å². The van der Waals surface area contributed by atoms with Gasteiger partial charge in [-0.2, -0.15) is 5.10 Å². The number of carbonyl (C=O) groups excluding carboxylic acids is 1. The van der Waals surface area contributed by atoms with Crippen molar-refractivity contribution < 1.29 is 4.79 Å². The zero-order valence-electron chi connectivity index (χ0n) is 11.8. The number of hydrogen-bond acceptors (Lipinski definition) is 3. The molecule has 1 amide bonds. The molecule has 2 atom stereocenters. The lowest BCUT2D eigenvalue weighted by Gasteiger charge is -2.28. The Bertz CT molecular complexity index is 628. The molecular weight excluding hydrogens is 332 g/mol. The summed E-state index contributed by atoms with van der Waals surface area (Å²) in [5, 5.41) is 4.07. The first-order valence-electron chi connectivity index (χ1n) is 7.07. The van der Waals surface area contributed by atoms with E-state index in [0.29, 0.717) is 0 Å². The van der Waals surface area contributed by atoms with Crippen molar-refractivity contribution in [2.75, 3.05) is 6.54 Å². The molecule has 1 saturated heterocycles. The van der Waals surface area contributed by atoms with Crippen LogP contribution in [-0.2, 0) is 4.79 Å². The zero-order valence-corrected chi connectivity index (χ0v) is 13.4. The van der Waals surface area contributed by atoms with Crippen molar-refractivity contribution in [2.45, 2.75) is 31.8 Å². The topological polar surface area (TPSA) is 51.0 Å². The SMILES string of the molecule is C[C@H](C(=O)N1CCC[C@H]1c1cccc(Br)c1)n1cncn1. The van der Waals surface area contributed by atoms with Gasteiger partial charge in [0.1, 0.15) is 18.7 Å². The van der Waals surface area contributed by atoms with E-state index in [2.05, 4.69) is 38.1 Å². The first-order valence-corrected chi connectivity index (χ1v) is 7.86. The molecular formula is C15H17BrN4O. The molecule has 0 N–H and O–H groups in total. The Hall–Kier alpha value is -1.69. The van der Waals surface area contributed by atoms with Crippen LogP contribution in [0.5, 0.6) is 0 Å². The van der Waals surface area contributed by atoms with Crippen molar-refractivity contribution in [3.63, 3.8) is 0 Å². The fraction of sp³-hybridized carbons (Fsp3) is 0.400. The molecule has 0 bridgehead atoms. The van der Waals surface area contributed by atoms with Crippen molar-refractivity contribution in [1.29, 1.82) is 0 Å². The second kappa shape index (κ2) is 5.97. The molecule has 2 aromatic rings. The van der Waals surface area contributed by atoms with Gasteiger partial charge in [-0.15, -0.1) is 0 Å². The van der Waals surface area contributed by atoms with E-state index in [1.807, 2.05) is 24.0 Å². The minimum Gasteiger partial charge on any atom is -0.334 e. The van der Waals surface area contributed by atoms with Crippen LogP contribution in [0.25, 0.3) is 0 Å². The highest BCUT2D eigenvalue weighted by Gasteiger charge is 2.33. The number of hydrogen-bond donors (Lipinski definition) is 0. The average molecular weight is 349 g/mol. The Kier molecular flexibility index (Phi) is 4.05. The van der Waals surface area contributed by atoms with Gasteiger partial charge in [0.15, 0.2) is 0 Å². The van der Waals surface area contributed by atoms with Gasteiger partial charge in [-0.3, -0.25) is 4.79 Å². The number of amides is 1. The fourth-order valence-electron chi connectivity index (χ4n) is 2.86. The largest absolute Gasteiger partial charge is 0.334 e. The monoisotopic (exact) mass is 348 g/mol. The average Bonchev–Trinajstić information content (AvgIpc) is 3.16. The predicted octanol–water partition coefficient (Wildman–Crippen LogP) is 2.97. The maximum atomic E-state index is 12.7. The zero-order chi connectivity index (χ0) is 14.8. The molecule has 110 valence electrons. The molecule has 1 aromatic carbocycles. The molecule has 0 radical (unpaired) electrons. The molecule has 2 heterocycles. The van der Waals surface area contributed by atoms with Gasteiger partial charge in [0.05, 0.1) is 6.04 Å². The van der Waals surface area contributed by atoms with Crippen molar-refractivity contribution in [2.24, 2.45) is 0 Å². The maximum Gasteiger partial charge on any atom is 0.247 e. The summed E-state index contributed by atoms with van der Waals surface area (Å²) in [5.41, 5.74) is 1.18. The Balaban J connectivity index is 1.82. The lowest BCUT2D eigenvalue weighted by molar-refractivity contribution is -0.135. The summed E-state index contributed by atoms with van der Waals surface area (Å²) in [4.78, 5) is 18.6. The smallest absolute Gasteiger partial charge is 0.247 e. The molecule has 1 fully saturated rings. The highest BCUT2D eigenvalue weighted by atomic mass is 79.9. The van der Waals surface area contributed by atoms with Crippen molar-refractivity contribution in [3.05, 3.63) is 47.0 Å². The second-order valence-electron chi connectivity index (χ2n) is 5.30. The lowest BCUT2D eigenvalue weighted by Crippen LogP contribution is -2.36. The third-order valence-electron chi connectivity index (χ3n) is 3.96. The summed E-state index contributed by atoms with van der Waals surface area (Å²) < 4.78 is 2.65. The van der Waals surface area contributed by atoms with E-state index in [4.69, 9.17) is 0 Å². The highest BCUT2D eigenvalue weighted by molar-refractivity contribution is 9.10. The molecule has 3 rings (SSSR count). The van der Waals surface area contributed by atoms with Gasteiger partial charge in [-0.25, -0.2) is 9.67 Å². The summed E-state index contributed by atoms with van der Waals surface area (Å²) in [5.74, 6) is 0.1000. The van der Waals surface area contributed by atoms with Crippen molar-refractivity contribution in [1.82, 2.24) is 19.7 Å². The van der Waals surface area contributed by atoms with Crippen LogP contribution >= 0.6 is 15.9 Å². The fourth-order valence-corrected chi connectivity index (χ4v) is 3.28. The maximum absolute atomic E-state index is 12.7. The Morgan fingerprint density at radius 3 is 3.05 bits per heavy atom. The van der Waals surface area contributed by atoms with E-state index in [1.165, 1.54) is 11.9 Å². The molecule has 1 aromatic heterocycles. The van der Waals surface area contributed by atoms with Crippen LogP contribution in [0.15, 0.2) is 41.4 Å². The third kappa shape index (κ3) is 2.85. The number of carbonyl (C=O) groups is 1.